The highest BCUT2D eigenvalue weighted by Gasteiger charge is 2.39. The Hall–Kier alpha value is -6.86. The molecule has 17 nitrogen and oxygen atoms in total. The second kappa shape index (κ2) is 22.5. The van der Waals surface area contributed by atoms with Crippen LogP contribution in [0.3, 0.4) is 0 Å². The first-order valence-corrected chi connectivity index (χ1v) is 16.9. The van der Waals surface area contributed by atoms with Crippen LogP contribution in [-0.4, -0.2) is 129 Å². The van der Waals surface area contributed by atoms with Crippen molar-refractivity contribution in [1.82, 2.24) is 30.4 Å². The lowest BCUT2D eigenvalue weighted by atomic mass is 9.94. The van der Waals surface area contributed by atoms with Crippen molar-refractivity contribution in [2.75, 3.05) is 45.7 Å². The zero-order valence-corrected chi connectivity index (χ0v) is 31.5. The van der Waals surface area contributed by atoms with Gasteiger partial charge in [-0.2, -0.15) is 44.6 Å². The highest BCUT2D eigenvalue weighted by molar-refractivity contribution is 5.96. The van der Waals surface area contributed by atoms with Crippen LogP contribution in [0.25, 0.3) is 11.1 Å². The first kappa shape index (κ1) is 50.3. The minimum Gasteiger partial charge on any atom is -0.492 e. The summed E-state index contributed by atoms with van der Waals surface area (Å²) in [6.07, 6.45) is -7.24. The number of benzene rings is 2. The van der Waals surface area contributed by atoms with Gasteiger partial charge in [-0.25, -0.2) is 19.4 Å². The molecule has 0 spiro atoms. The molecule has 2 aromatic carbocycles. The summed E-state index contributed by atoms with van der Waals surface area (Å²) in [6, 6.07) is 11.0. The highest BCUT2D eigenvalue weighted by atomic mass is 19.4. The standard InChI is InChI=1S/C29H33N7O4.3C2HF3O2/c1-36(2)9-10-39-27-13-19(23-14-33-34-15-23)3-5-25(27)35-29(38)22-12-21-11-20(4-6-26(21)40-17-22)28(37)31-8-7-24-16-30-18-32-24;3*3-2(4,5)1(6)7/h3-6,11,13-16,18,22H,7-10,12,17H2,1-2H3,(H,30,32)(H,31,37)(H,33,34)(H,35,38);3*(H,6,7). The second-order valence-corrected chi connectivity index (χ2v) is 12.4. The van der Waals surface area contributed by atoms with Crippen LogP contribution in [0.1, 0.15) is 21.6 Å². The fraction of sp³-hybridized carbons (Fsp3) is 0.343. The minimum atomic E-state index is -5.08. The number of likely N-dealkylation sites (N-methyl/N-ethyl adjacent to an activating group) is 1. The Labute approximate surface area is 337 Å². The van der Waals surface area contributed by atoms with E-state index in [9.17, 15) is 49.1 Å². The van der Waals surface area contributed by atoms with Gasteiger partial charge in [0.15, 0.2) is 0 Å². The van der Waals surface area contributed by atoms with Crippen molar-refractivity contribution in [3.8, 4) is 22.6 Å². The van der Waals surface area contributed by atoms with Crippen LogP contribution in [0.15, 0.2) is 61.3 Å². The Morgan fingerprint density at radius 3 is 1.98 bits per heavy atom. The van der Waals surface area contributed by atoms with Crippen LogP contribution >= 0.6 is 0 Å². The number of H-pyrrole nitrogens is 2. The summed E-state index contributed by atoms with van der Waals surface area (Å²) >= 11 is 0. The fourth-order valence-electron chi connectivity index (χ4n) is 4.44. The summed E-state index contributed by atoms with van der Waals surface area (Å²) in [5.41, 5.74) is 4.75. The van der Waals surface area contributed by atoms with Gasteiger partial charge in [-0.1, -0.05) is 6.07 Å². The van der Waals surface area contributed by atoms with Crippen LogP contribution in [-0.2, 0) is 32.0 Å². The summed E-state index contributed by atoms with van der Waals surface area (Å²) in [4.78, 5) is 61.8. The van der Waals surface area contributed by atoms with Crippen LogP contribution < -0.4 is 20.1 Å². The van der Waals surface area contributed by atoms with Gasteiger partial charge in [0.1, 0.15) is 24.7 Å². The number of carboxylic acids is 3. The summed E-state index contributed by atoms with van der Waals surface area (Å²) in [5.74, 6) is -7.77. The third-order valence-electron chi connectivity index (χ3n) is 7.43. The van der Waals surface area contributed by atoms with E-state index in [4.69, 9.17) is 39.2 Å². The lowest BCUT2D eigenvalue weighted by molar-refractivity contribution is -0.193. The van der Waals surface area contributed by atoms with E-state index >= 15 is 0 Å². The Balaban J connectivity index is 0.000000502. The van der Waals surface area contributed by atoms with E-state index in [0.717, 1.165) is 28.9 Å². The second-order valence-electron chi connectivity index (χ2n) is 12.4. The minimum absolute atomic E-state index is 0.173. The van der Waals surface area contributed by atoms with Crippen molar-refractivity contribution in [1.29, 1.82) is 0 Å². The summed E-state index contributed by atoms with van der Waals surface area (Å²) in [5, 5.41) is 34.2. The molecule has 0 fully saturated rings. The number of aromatic amines is 2. The van der Waals surface area contributed by atoms with E-state index in [1.54, 1.807) is 36.9 Å². The van der Waals surface area contributed by atoms with E-state index in [1.165, 1.54) is 0 Å². The molecule has 1 aliphatic rings. The number of hydrogen-bond acceptors (Lipinski definition) is 10. The number of anilines is 1. The number of imidazole rings is 1. The van der Waals surface area contributed by atoms with Crippen LogP contribution in [0.2, 0.25) is 0 Å². The van der Waals surface area contributed by atoms with Gasteiger partial charge >= 0.3 is 36.4 Å². The molecule has 3 heterocycles. The molecule has 2 aromatic heterocycles. The SMILES string of the molecule is CN(C)CCOc1cc(-c2cn[nH]c2)ccc1NC(=O)C1COc2ccc(C(=O)NCCc3cnc[nH]3)cc2C1.O=C(O)C(F)(F)F.O=C(O)C(F)(F)F.O=C(O)C(F)(F)F. The lowest BCUT2D eigenvalue weighted by Gasteiger charge is -2.25. The smallest absolute Gasteiger partial charge is 0.490 e. The van der Waals surface area contributed by atoms with E-state index in [-0.39, 0.29) is 18.4 Å². The van der Waals surface area contributed by atoms with Gasteiger partial charge in [-0.05, 0) is 62.0 Å². The number of nitrogens with one attached hydrogen (secondary N) is 4. The van der Waals surface area contributed by atoms with E-state index in [2.05, 4.69) is 30.8 Å². The van der Waals surface area contributed by atoms with E-state index < -0.39 is 42.4 Å². The van der Waals surface area contributed by atoms with Crippen molar-refractivity contribution >= 4 is 35.4 Å². The third-order valence-corrected chi connectivity index (χ3v) is 7.43. The molecule has 0 saturated heterocycles. The molecule has 7 N–H and O–H groups in total. The monoisotopic (exact) mass is 885 g/mol. The molecule has 0 aliphatic carbocycles. The van der Waals surface area contributed by atoms with Crippen molar-refractivity contribution in [2.24, 2.45) is 5.92 Å². The molecule has 1 atom stereocenters. The van der Waals surface area contributed by atoms with Gasteiger partial charge < -0.3 is 45.3 Å². The molecule has 26 heteroatoms. The molecule has 2 amide bonds. The number of carboxylic acid groups (broad SMARTS) is 3. The Morgan fingerprint density at radius 1 is 0.869 bits per heavy atom. The lowest BCUT2D eigenvalue weighted by Crippen LogP contribution is -2.33. The molecular formula is C35H36F9N7O10. The highest BCUT2D eigenvalue weighted by Crippen LogP contribution is 2.33. The molecule has 0 bridgehead atoms. The molecular weight excluding hydrogens is 849 g/mol. The number of amides is 2. The number of halogens is 9. The molecule has 0 radical (unpaired) electrons. The predicted molar refractivity (Wildman–Crippen MR) is 192 cm³/mol. The van der Waals surface area contributed by atoms with Crippen molar-refractivity contribution in [3.05, 3.63) is 78.1 Å². The number of rotatable bonds is 11. The average molecular weight is 886 g/mol. The first-order chi connectivity index (χ1) is 28.3. The number of fused-ring (bicyclic) bond motifs is 1. The zero-order chi connectivity index (χ0) is 46.1. The van der Waals surface area contributed by atoms with E-state index in [0.29, 0.717) is 48.7 Å². The normalized spacial score (nSPS) is 13.3. The van der Waals surface area contributed by atoms with Gasteiger partial charge in [-0.15, -0.1) is 0 Å². The van der Waals surface area contributed by atoms with Crippen LogP contribution in [0.4, 0.5) is 45.2 Å². The topological polar surface area (TPSA) is 249 Å². The average Bonchev–Trinajstić information content (AvgIpc) is 3.90. The summed E-state index contributed by atoms with van der Waals surface area (Å²) < 4.78 is 107. The maximum absolute atomic E-state index is 13.3. The predicted octanol–water partition coefficient (Wildman–Crippen LogP) is 4.80. The number of nitrogens with zero attached hydrogens (tertiary/aromatic N) is 3. The molecule has 334 valence electrons. The van der Waals surface area contributed by atoms with E-state index in [1.807, 2.05) is 43.4 Å². The van der Waals surface area contributed by atoms with Crippen molar-refractivity contribution in [3.63, 3.8) is 0 Å². The van der Waals surface area contributed by atoms with Crippen molar-refractivity contribution < 1.29 is 88.3 Å². The fourth-order valence-corrected chi connectivity index (χ4v) is 4.44. The van der Waals surface area contributed by atoms with Gasteiger partial charge in [0, 0.05) is 48.7 Å². The van der Waals surface area contributed by atoms with Crippen LogP contribution in [0.5, 0.6) is 11.5 Å². The number of carbonyl (C=O) groups is 5. The third kappa shape index (κ3) is 17.9. The number of aliphatic carboxylic acids is 3. The van der Waals surface area contributed by atoms with Crippen LogP contribution in [0, 0.1) is 5.92 Å². The molecule has 4 aromatic rings. The maximum atomic E-state index is 13.3. The molecule has 1 unspecified atom stereocenters. The number of hydrogen-bond donors (Lipinski definition) is 7. The Morgan fingerprint density at radius 2 is 1.48 bits per heavy atom. The van der Waals surface area contributed by atoms with Gasteiger partial charge in [0.05, 0.1) is 24.1 Å². The number of alkyl halides is 9. The number of aromatic nitrogens is 4. The first-order valence-electron chi connectivity index (χ1n) is 16.9. The largest absolute Gasteiger partial charge is 0.492 e. The Kier molecular flexibility index (Phi) is 18.5. The maximum Gasteiger partial charge on any atom is 0.490 e. The quantitative estimate of drug-likeness (QED) is 0.100. The van der Waals surface area contributed by atoms with Crippen molar-refractivity contribution in [2.45, 2.75) is 31.4 Å². The molecule has 0 saturated carbocycles. The number of carbonyl (C=O) groups excluding carboxylic acids is 2. The summed E-state index contributed by atoms with van der Waals surface area (Å²) in [6.45, 7) is 1.93. The molecule has 5 rings (SSSR count). The Bertz CT molecular complexity index is 2000. The van der Waals surface area contributed by atoms with Gasteiger partial charge in [0.25, 0.3) is 5.91 Å². The van der Waals surface area contributed by atoms with Gasteiger partial charge in [0.2, 0.25) is 5.91 Å². The zero-order valence-electron chi connectivity index (χ0n) is 31.5. The van der Waals surface area contributed by atoms with Gasteiger partial charge in [-0.3, -0.25) is 14.7 Å². The molecule has 61 heavy (non-hydrogen) atoms. The molecule has 1 aliphatic heterocycles. The summed E-state index contributed by atoms with van der Waals surface area (Å²) in [7, 11) is 3.95. The number of ether oxygens (including phenoxy) is 2.